The number of benzene rings is 13. The van der Waals surface area contributed by atoms with Crippen molar-refractivity contribution in [3.8, 4) is 23.0 Å². The number of alkyl halides is 3. The molecule has 13 aromatic carbocycles. The van der Waals surface area contributed by atoms with Gasteiger partial charge >= 0.3 is 12.1 Å². The number of aliphatic hydroxyl groups excluding tert-OH is 1. The van der Waals surface area contributed by atoms with Crippen LogP contribution in [0.1, 0.15) is 241 Å². The summed E-state index contributed by atoms with van der Waals surface area (Å²) in [6.07, 6.45) is -3.59. The number of likely N-dealkylation sites (N-methyl/N-ethyl adjacent to an activating group) is 1. The number of aliphatic hydroxyl groups is 1. The molecule has 1 aliphatic heterocycles. The van der Waals surface area contributed by atoms with Crippen LogP contribution in [-0.2, 0) is 23.0 Å². The fourth-order valence-corrected chi connectivity index (χ4v) is 12.1. The van der Waals surface area contributed by atoms with E-state index >= 15 is 0 Å². The Balaban J connectivity index is -0.000000137. The molecule has 8 N–H and O–H groups in total. The lowest BCUT2D eigenvalue weighted by Gasteiger charge is -2.32. The summed E-state index contributed by atoms with van der Waals surface area (Å²) in [5.41, 5.74) is 31.6. The first-order valence-corrected chi connectivity index (χ1v) is 45.6. The molecule has 1 heterocycles. The van der Waals surface area contributed by atoms with Crippen molar-refractivity contribution in [1.82, 2.24) is 9.80 Å². The maximum atomic E-state index is 12.3. The Morgan fingerprint density at radius 2 is 0.832 bits per heavy atom. The lowest BCUT2D eigenvalue weighted by Crippen LogP contribution is -2.47. The number of hydrogen-bond donors (Lipinski definition) is 6. The number of hydrogen-bond acceptors (Lipinski definition) is 14. The van der Waals surface area contributed by atoms with Gasteiger partial charge in [-0.1, -0.05) is 377 Å². The number of phenolic OH excluding ortho intramolecular Hbond substituents is 2. The van der Waals surface area contributed by atoms with E-state index in [-0.39, 0.29) is 149 Å². The molecule has 18 nitrogen and oxygen atoms in total. The van der Waals surface area contributed by atoms with E-state index in [0.717, 1.165) is 90.5 Å². The Kier molecular flexibility index (Phi) is 93.0. The van der Waals surface area contributed by atoms with E-state index in [4.69, 9.17) is 87.8 Å². The molecular weight excluding hydrogens is 2030 g/mol. The molecule has 0 radical (unpaired) electrons. The number of nitro groups is 2. The minimum atomic E-state index is -4.21. The van der Waals surface area contributed by atoms with Crippen LogP contribution in [0.3, 0.4) is 0 Å². The van der Waals surface area contributed by atoms with Crippen LogP contribution in [0.25, 0.3) is 0 Å². The number of carboxylic acids is 1. The number of rotatable bonds is 10. The van der Waals surface area contributed by atoms with E-state index in [1.807, 2.05) is 184 Å². The van der Waals surface area contributed by atoms with Crippen LogP contribution >= 0.6 is 62.3 Å². The van der Waals surface area contributed by atoms with Crippen molar-refractivity contribution in [2.45, 2.75) is 252 Å². The van der Waals surface area contributed by atoms with Gasteiger partial charge in [-0.2, -0.15) is 13.2 Å². The second-order valence-corrected chi connectivity index (χ2v) is 35.6. The number of nitrogen functional groups attached to an aromatic ring is 2. The molecule has 149 heavy (non-hydrogen) atoms. The van der Waals surface area contributed by atoms with Gasteiger partial charge in [0.25, 0.3) is 17.3 Å². The highest BCUT2D eigenvalue weighted by Crippen LogP contribution is 2.31. The fraction of sp³-hybridized carbons (Fsp3) is 0.350. The Labute approximate surface area is 925 Å². The number of para-hydroxylation sites is 1. The number of nitrogens with two attached hydrogens (primary N) is 2. The molecule has 0 spiro atoms. The van der Waals surface area contributed by atoms with Crippen LogP contribution in [0, 0.1) is 124 Å². The maximum absolute atomic E-state index is 12.3. The normalized spacial score (nSPS) is 9.87. The van der Waals surface area contributed by atoms with Crippen molar-refractivity contribution in [1.29, 1.82) is 0 Å². The number of aliphatic carboxylic acids is 1. The van der Waals surface area contributed by atoms with Crippen molar-refractivity contribution in [3.05, 3.63) is 430 Å². The number of anilines is 2. The number of nitro benzene ring substituents is 2. The predicted molar refractivity (Wildman–Crippen MR) is 647 cm³/mol. The molecule has 1 aliphatic rings. The van der Waals surface area contributed by atoms with Crippen LogP contribution in [0.5, 0.6) is 23.0 Å². The summed E-state index contributed by atoms with van der Waals surface area (Å²) in [6.45, 7) is 39.8. The number of carbonyl (C=O) groups is 2. The second-order valence-electron chi connectivity index (χ2n) is 33.0. The molecule has 1 saturated heterocycles. The molecular formula is C123H182BrCl4F3N6O12. The highest BCUT2D eigenvalue weighted by atomic mass is 79.9. The van der Waals surface area contributed by atoms with Crippen LogP contribution in [0.4, 0.5) is 35.9 Å². The minimum absolute atomic E-state index is 0. The number of amides is 1. The molecule has 832 valence electrons. The number of methoxy groups -OCH3 is 1. The van der Waals surface area contributed by atoms with Crippen molar-refractivity contribution in [3.63, 3.8) is 0 Å². The third-order valence-corrected chi connectivity index (χ3v) is 21.3. The summed E-state index contributed by atoms with van der Waals surface area (Å²) in [4.78, 5) is 46.7. The summed E-state index contributed by atoms with van der Waals surface area (Å²) in [5.74, 6) is 0.530. The summed E-state index contributed by atoms with van der Waals surface area (Å²) in [7, 11) is 3.53. The van der Waals surface area contributed by atoms with Crippen molar-refractivity contribution >= 4 is 97.0 Å². The number of ether oxygens (including phenoxy) is 2. The molecule has 0 saturated carbocycles. The standard InChI is InChI=1S/C13H17N3O3.C11H13ClO3.C11H16.C9H12.C8H7F3.C8H10O2.C8H10O.C7H7Br.C7H6Cl2.C7H7Cl.C7H7NO2.C7H9NO.C7H9N.13CH4/c1-10-3-4-11(12(9-10)16(18)19)13(17)15-7-5-14(2)6-8-15;1-8-4-5-9(12)7-10(8)15-6-2-3-11(13)14;1-9-5-7-10(8-6-9)11(2,3)4;1-7-4-5-8(2)9(3)6-7;1-6-2-4-7(5-3-6)8(9,10)11;1-6-3-4-7(9)8(5-6)10-2;1-7-3-2-4-8(5-7)6-9;1-6-2-4-7(8)5-3-6;1-5-2-3-6(8)7(9)4-5;1-6-2-4-7(8)5-3-6;1-6-3-2-4-7(5-6)8(9)10;1-5-2-3-7(9)6(8)4-5;1-6-4-2-3-5-7(6)8;;;;;;;;;;;;;/h3-4,9H,5-8H2,1-2H3;4-5,7H,2-3,6H2,1H3,(H,13,14);5-8H,1-4H3;4-6H,1-3H3;2-5H,1H3;3-5,9H,1-2H3;2-5,9H,6H2,1H3;2-5H,1H3;2-4H,1H3;2-5H,1H3;2-5H,1H3;2-4,9H,8H2,1H3;2-5H,8H2,1H3;13*1H4. The molecule has 0 unspecified atom stereocenters. The Morgan fingerprint density at radius 3 is 1.21 bits per heavy atom. The number of halogens is 8. The molecule has 0 bridgehead atoms. The summed E-state index contributed by atoms with van der Waals surface area (Å²) in [6, 6.07) is 84.5. The number of aryl methyl sites for hydroxylation is 15. The minimum Gasteiger partial charge on any atom is -0.506 e. The molecule has 1 fully saturated rings. The third kappa shape index (κ3) is 70.4. The monoisotopic (exact) mass is 2210 g/mol. The van der Waals surface area contributed by atoms with Crippen LogP contribution in [0.15, 0.2) is 284 Å². The lowest BCUT2D eigenvalue weighted by atomic mass is 9.87. The second kappa shape index (κ2) is 85.5. The Morgan fingerprint density at radius 1 is 0.416 bits per heavy atom. The maximum Gasteiger partial charge on any atom is 0.416 e. The number of aromatic hydroxyl groups is 2. The van der Waals surface area contributed by atoms with Crippen molar-refractivity contribution in [2.75, 3.05) is 58.4 Å². The number of nitrogens with zero attached hydrogens (tertiary/aromatic N) is 4. The Bertz CT molecular complexity index is 5510. The van der Waals surface area contributed by atoms with Crippen molar-refractivity contribution in [2.24, 2.45) is 0 Å². The average Bonchev–Trinajstić information content (AvgIpc) is 0.811. The van der Waals surface area contributed by atoms with Crippen LogP contribution < -0.4 is 20.9 Å². The van der Waals surface area contributed by atoms with E-state index in [0.29, 0.717) is 58.4 Å². The average molecular weight is 2220 g/mol. The highest BCUT2D eigenvalue weighted by Gasteiger charge is 2.30. The summed E-state index contributed by atoms with van der Waals surface area (Å²) < 4.78 is 47.2. The van der Waals surface area contributed by atoms with Gasteiger partial charge in [-0.05, 0) is 281 Å². The van der Waals surface area contributed by atoms with Gasteiger partial charge in [-0.3, -0.25) is 29.8 Å². The lowest BCUT2D eigenvalue weighted by molar-refractivity contribution is -0.385. The quantitative estimate of drug-likeness (QED) is 0.0244. The zero-order chi connectivity index (χ0) is 103. The van der Waals surface area contributed by atoms with Gasteiger partial charge < -0.3 is 51.2 Å². The first-order chi connectivity index (χ1) is 63.8. The van der Waals surface area contributed by atoms with E-state index in [2.05, 4.69) is 131 Å². The summed E-state index contributed by atoms with van der Waals surface area (Å²) in [5, 5.41) is 59.0. The number of phenols is 2. The zero-order valence-corrected chi connectivity index (χ0v) is 85.8. The molecule has 26 heteroatoms. The molecule has 0 aromatic heterocycles. The fourth-order valence-electron chi connectivity index (χ4n) is 11.2. The summed E-state index contributed by atoms with van der Waals surface area (Å²) >= 11 is 26.1. The first kappa shape index (κ1) is 162. The topological polar surface area (TPSA) is 278 Å². The zero-order valence-electron chi connectivity index (χ0n) is 81.2. The molecule has 0 atom stereocenters. The smallest absolute Gasteiger partial charge is 0.416 e. The van der Waals surface area contributed by atoms with Gasteiger partial charge in [-0.25, -0.2) is 0 Å². The number of piperazine rings is 1. The number of carbonyl (C=O) groups excluding carboxylic acids is 1. The largest absolute Gasteiger partial charge is 0.506 e. The van der Waals surface area contributed by atoms with Crippen molar-refractivity contribution < 1.29 is 62.5 Å². The van der Waals surface area contributed by atoms with E-state index in [1.165, 1.54) is 75.9 Å². The number of carboxylic acid groups (broad SMARTS) is 1. The van der Waals surface area contributed by atoms with E-state index in [1.54, 1.807) is 85.5 Å². The van der Waals surface area contributed by atoms with Crippen LogP contribution in [0.2, 0.25) is 20.1 Å². The Hall–Kier alpha value is -12.3. The van der Waals surface area contributed by atoms with Gasteiger partial charge in [0.2, 0.25) is 0 Å². The predicted octanol–water partition coefficient (Wildman–Crippen LogP) is 38.0. The number of non-ortho nitro benzene ring substituents is 1. The van der Waals surface area contributed by atoms with Gasteiger partial charge in [0.05, 0.1) is 51.5 Å². The van der Waals surface area contributed by atoms with E-state index in [9.17, 15) is 43.0 Å². The van der Waals surface area contributed by atoms with Gasteiger partial charge in [-0.15, -0.1) is 0 Å². The SMILES string of the molecule is C.C.C.C.C.C.C.C.C.C.C.C.C.COc1cc(C)ccc1O.Cc1ccc(Br)cc1.Cc1ccc(C(=O)N2CCN(C)CC2)c([N+](=O)[O-])c1.Cc1ccc(C(C)(C)C)cc1.Cc1ccc(C(F)(F)F)cc1.Cc1ccc(C)c(C)c1.Cc1ccc(Cl)c(Cl)c1.Cc1ccc(Cl)cc1.Cc1ccc(Cl)cc1OCCCC(=O)O.Cc1ccc(O)c(N)c1.Cc1cccc(CO)c1.Cc1cccc([N+](=O)[O-])c1.Cc1ccccc1N. The van der Waals surface area contributed by atoms with Gasteiger partial charge in [0.1, 0.15) is 17.1 Å². The highest BCUT2D eigenvalue weighted by molar-refractivity contribution is 9.10. The van der Waals surface area contributed by atoms with Gasteiger partial charge in [0, 0.05) is 71.0 Å². The third-order valence-electron chi connectivity index (χ3n) is 19.6. The van der Waals surface area contributed by atoms with Gasteiger partial charge in [0.15, 0.2) is 11.5 Å². The molecule has 1 amide bonds. The molecule has 13 aromatic rings. The van der Waals surface area contributed by atoms with E-state index < -0.39 is 27.6 Å². The van der Waals surface area contributed by atoms with Crippen LogP contribution in [-0.4, -0.2) is 98.9 Å². The first-order valence-electron chi connectivity index (χ1n) is 43.3. The molecule has 14 rings (SSSR count). The molecule has 0 aliphatic carbocycles.